The lowest BCUT2D eigenvalue weighted by molar-refractivity contribution is 0.631. The molecule has 6 heteroatoms. The molecule has 5 aromatic rings. The fraction of sp³-hybridized carbons (Fsp3) is 0. The van der Waals surface area contributed by atoms with Gasteiger partial charge in [0.05, 0.1) is 5.69 Å². The van der Waals surface area contributed by atoms with Crippen LogP contribution in [-0.2, 0) is 0 Å². The minimum absolute atomic E-state index is 0.337. The third kappa shape index (κ3) is 2.58. The third-order valence-corrected chi connectivity index (χ3v) is 4.42. The molecule has 0 aliphatic heterocycles. The molecule has 0 bridgehead atoms. The van der Waals surface area contributed by atoms with E-state index in [4.69, 9.17) is 0 Å². The lowest BCUT2D eigenvalue weighted by Gasteiger charge is -2.11. The van der Waals surface area contributed by atoms with Crippen LogP contribution in [0.2, 0.25) is 0 Å². The smallest absolute Gasteiger partial charge is 0.186 e. The summed E-state index contributed by atoms with van der Waals surface area (Å²) < 4.78 is 15.8. The van der Waals surface area contributed by atoms with E-state index in [9.17, 15) is 4.39 Å². The van der Waals surface area contributed by atoms with Gasteiger partial charge in [-0.05, 0) is 12.1 Å². The van der Waals surface area contributed by atoms with Gasteiger partial charge < -0.3 is 5.32 Å². The van der Waals surface area contributed by atoms with Gasteiger partial charge >= 0.3 is 0 Å². The Morgan fingerprint density at radius 2 is 1.44 bits per heavy atom. The Morgan fingerprint density at radius 1 is 0.741 bits per heavy atom. The molecule has 1 N–H and O–H groups in total. The zero-order valence-electron chi connectivity index (χ0n) is 14.2. The predicted octanol–water partition coefficient (Wildman–Crippen LogP) is 4.83. The van der Waals surface area contributed by atoms with Crippen LogP contribution in [0.15, 0.2) is 78.9 Å². The first-order chi connectivity index (χ1) is 13.3. The van der Waals surface area contributed by atoms with Gasteiger partial charge in [-0.25, -0.2) is 4.39 Å². The summed E-state index contributed by atoms with van der Waals surface area (Å²) in [6.07, 6.45) is 0. The molecule has 2 aromatic heterocycles. The molecule has 130 valence electrons. The van der Waals surface area contributed by atoms with E-state index in [1.165, 1.54) is 6.07 Å². The van der Waals surface area contributed by atoms with Crippen LogP contribution in [0.25, 0.3) is 27.8 Å². The standard InChI is InChI=1S/C21H14FN5/c22-17-12-6-7-13-18(17)23-19-15-10-4-5-11-16(15)21-25-24-20(27(21)26-19)14-8-2-1-3-9-14/h1-13H,(H,23,26). The molecule has 0 saturated heterocycles. The second kappa shape index (κ2) is 6.17. The lowest BCUT2D eigenvalue weighted by atomic mass is 10.1. The summed E-state index contributed by atoms with van der Waals surface area (Å²) in [6, 6.07) is 24.0. The zero-order chi connectivity index (χ0) is 18.2. The van der Waals surface area contributed by atoms with Gasteiger partial charge in [0.1, 0.15) is 5.82 Å². The maximum atomic E-state index is 14.2. The van der Waals surface area contributed by atoms with Crippen LogP contribution in [0, 0.1) is 5.82 Å². The van der Waals surface area contributed by atoms with Crippen molar-refractivity contribution in [3.63, 3.8) is 0 Å². The molecule has 0 amide bonds. The van der Waals surface area contributed by atoms with Crippen molar-refractivity contribution < 1.29 is 4.39 Å². The van der Waals surface area contributed by atoms with Gasteiger partial charge in [-0.2, -0.15) is 4.52 Å². The monoisotopic (exact) mass is 355 g/mol. The van der Waals surface area contributed by atoms with Gasteiger partial charge in [-0.15, -0.1) is 15.3 Å². The number of nitrogens with zero attached hydrogens (tertiary/aromatic N) is 4. The van der Waals surface area contributed by atoms with Crippen molar-refractivity contribution in [1.29, 1.82) is 0 Å². The largest absolute Gasteiger partial charge is 0.336 e. The number of nitrogens with one attached hydrogen (secondary N) is 1. The Morgan fingerprint density at radius 3 is 2.26 bits per heavy atom. The Balaban J connectivity index is 1.77. The maximum Gasteiger partial charge on any atom is 0.186 e. The van der Waals surface area contributed by atoms with E-state index in [1.54, 1.807) is 22.7 Å². The summed E-state index contributed by atoms with van der Waals surface area (Å²) in [5.41, 5.74) is 1.93. The van der Waals surface area contributed by atoms with E-state index < -0.39 is 0 Å². The first-order valence-corrected chi connectivity index (χ1v) is 8.52. The molecule has 0 radical (unpaired) electrons. The van der Waals surface area contributed by atoms with E-state index in [0.29, 0.717) is 23.0 Å². The van der Waals surface area contributed by atoms with Crippen molar-refractivity contribution >= 4 is 27.9 Å². The zero-order valence-corrected chi connectivity index (χ0v) is 14.2. The van der Waals surface area contributed by atoms with E-state index in [2.05, 4.69) is 20.6 Å². The fourth-order valence-corrected chi connectivity index (χ4v) is 3.13. The Hall–Kier alpha value is -3.80. The van der Waals surface area contributed by atoms with Crippen molar-refractivity contribution in [2.75, 3.05) is 5.32 Å². The number of rotatable bonds is 3. The van der Waals surface area contributed by atoms with Crippen LogP contribution < -0.4 is 5.32 Å². The molecule has 0 fully saturated rings. The summed E-state index contributed by atoms with van der Waals surface area (Å²) in [7, 11) is 0. The molecule has 27 heavy (non-hydrogen) atoms. The normalized spacial score (nSPS) is 11.1. The first-order valence-electron chi connectivity index (χ1n) is 8.52. The molecule has 0 aliphatic rings. The number of hydrogen-bond acceptors (Lipinski definition) is 4. The van der Waals surface area contributed by atoms with Crippen molar-refractivity contribution in [3.05, 3.63) is 84.7 Å². The molecule has 2 heterocycles. The summed E-state index contributed by atoms with van der Waals surface area (Å²) in [4.78, 5) is 0. The average molecular weight is 355 g/mol. The molecule has 5 rings (SSSR count). The number of aromatic nitrogens is 4. The Kier molecular flexibility index (Phi) is 3.53. The van der Waals surface area contributed by atoms with Crippen molar-refractivity contribution in [3.8, 4) is 11.4 Å². The second-order valence-corrected chi connectivity index (χ2v) is 6.12. The molecule has 5 nitrogen and oxygen atoms in total. The minimum Gasteiger partial charge on any atom is -0.336 e. The van der Waals surface area contributed by atoms with Crippen LogP contribution in [0.4, 0.5) is 15.9 Å². The number of fused-ring (bicyclic) bond motifs is 3. The van der Waals surface area contributed by atoms with Gasteiger partial charge in [-0.1, -0.05) is 66.7 Å². The Bertz CT molecular complexity index is 1260. The van der Waals surface area contributed by atoms with Crippen molar-refractivity contribution in [2.45, 2.75) is 0 Å². The van der Waals surface area contributed by atoms with Crippen molar-refractivity contribution in [2.24, 2.45) is 0 Å². The molecule has 0 saturated carbocycles. The van der Waals surface area contributed by atoms with E-state index in [-0.39, 0.29) is 5.82 Å². The summed E-state index contributed by atoms with van der Waals surface area (Å²) in [5, 5.41) is 18.2. The number of para-hydroxylation sites is 1. The molecule has 3 aromatic carbocycles. The molecule has 0 atom stereocenters. The molecular weight excluding hydrogens is 341 g/mol. The number of benzene rings is 3. The molecule has 0 unspecified atom stereocenters. The van der Waals surface area contributed by atoms with Crippen LogP contribution in [0.5, 0.6) is 0 Å². The Labute approximate surface area is 154 Å². The molecule has 0 spiro atoms. The predicted molar refractivity (Wildman–Crippen MR) is 103 cm³/mol. The van der Waals surface area contributed by atoms with E-state index in [0.717, 1.165) is 16.3 Å². The van der Waals surface area contributed by atoms with Gasteiger partial charge in [0.25, 0.3) is 0 Å². The van der Waals surface area contributed by atoms with Crippen molar-refractivity contribution in [1.82, 2.24) is 19.8 Å². The number of halogens is 1. The molecular formula is C21H14FN5. The van der Waals surface area contributed by atoms with Crippen LogP contribution in [-0.4, -0.2) is 19.8 Å². The van der Waals surface area contributed by atoms with E-state index >= 15 is 0 Å². The number of hydrogen-bond donors (Lipinski definition) is 1. The van der Waals surface area contributed by atoms with Gasteiger partial charge in [0, 0.05) is 16.3 Å². The van der Waals surface area contributed by atoms with Gasteiger partial charge in [-0.3, -0.25) is 0 Å². The SMILES string of the molecule is Fc1ccccc1Nc1nn2c(-c3ccccc3)nnc2c2ccccc12. The molecule has 0 aliphatic carbocycles. The lowest BCUT2D eigenvalue weighted by Crippen LogP contribution is -2.03. The summed E-state index contributed by atoms with van der Waals surface area (Å²) in [6.45, 7) is 0. The topological polar surface area (TPSA) is 55.1 Å². The highest BCUT2D eigenvalue weighted by Gasteiger charge is 2.15. The highest BCUT2D eigenvalue weighted by molar-refractivity contribution is 6.01. The van der Waals surface area contributed by atoms with Crippen LogP contribution >= 0.6 is 0 Å². The summed E-state index contributed by atoms with van der Waals surface area (Å²) >= 11 is 0. The highest BCUT2D eigenvalue weighted by Crippen LogP contribution is 2.29. The van der Waals surface area contributed by atoms with Crippen LogP contribution in [0.1, 0.15) is 0 Å². The van der Waals surface area contributed by atoms with Gasteiger partial charge in [0.15, 0.2) is 17.3 Å². The highest BCUT2D eigenvalue weighted by atomic mass is 19.1. The van der Waals surface area contributed by atoms with Crippen LogP contribution in [0.3, 0.4) is 0 Å². The van der Waals surface area contributed by atoms with E-state index in [1.807, 2.05) is 54.6 Å². The fourth-order valence-electron chi connectivity index (χ4n) is 3.13. The maximum absolute atomic E-state index is 14.2. The first kappa shape index (κ1) is 15.5. The summed E-state index contributed by atoms with van der Waals surface area (Å²) in [5.74, 6) is 0.837. The quantitative estimate of drug-likeness (QED) is 0.504. The third-order valence-electron chi connectivity index (χ3n) is 4.42. The minimum atomic E-state index is -0.337. The average Bonchev–Trinajstić information content (AvgIpc) is 3.14. The number of anilines is 2. The van der Waals surface area contributed by atoms with Gasteiger partial charge in [0.2, 0.25) is 0 Å². The second-order valence-electron chi connectivity index (χ2n) is 6.12.